The van der Waals surface area contributed by atoms with Crippen LogP contribution in [-0.2, 0) is 4.79 Å². The molecule has 1 unspecified atom stereocenters. The van der Waals surface area contributed by atoms with E-state index in [1.807, 2.05) is 0 Å². The average molecular weight is 129 g/mol. The van der Waals surface area contributed by atoms with Crippen molar-refractivity contribution in [1.82, 2.24) is 0 Å². The molecule has 9 heavy (non-hydrogen) atoms. The van der Waals surface area contributed by atoms with E-state index in [0.29, 0.717) is 0 Å². The second kappa shape index (κ2) is 3.88. The summed E-state index contributed by atoms with van der Waals surface area (Å²) in [4.78, 5) is 12.5. The Morgan fingerprint density at radius 3 is 2.89 bits per heavy atom. The smallest absolute Gasteiger partial charge is 0.247 e. The number of hydrogen-bond acceptors (Lipinski definition) is 2. The van der Waals surface area contributed by atoms with Crippen molar-refractivity contribution < 1.29 is 9.90 Å². The molecule has 1 amide bonds. The number of aliphatic hydroxyl groups is 1. The van der Waals surface area contributed by atoms with Crippen molar-refractivity contribution in [2.45, 2.75) is 19.4 Å². The maximum Gasteiger partial charge on any atom is 0.247 e. The molecule has 0 aromatic carbocycles. The molecular formula is C4H7N3O2. The summed E-state index contributed by atoms with van der Waals surface area (Å²) in [7, 11) is 0. The number of carbonyl (C=O) groups excluding carboxylic acids is 1. The highest BCUT2D eigenvalue weighted by molar-refractivity contribution is 5.81. The quantitative estimate of drug-likeness (QED) is 0.336. The Kier molecular flexibility index (Phi) is 3.43. The van der Waals surface area contributed by atoms with Crippen LogP contribution in [0, 0.1) is 0 Å². The Balaban J connectivity index is 3.87. The van der Waals surface area contributed by atoms with Gasteiger partial charge in [-0.3, -0.25) is 4.79 Å². The molecule has 5 nitrogen and oxygen atoms in total. The van der Waals surface area contributed by atoms with Crippen LogP contribution in [-0.4, -0.2) is 17.1 Å². The maximum absolute atomic E-state index is 10.3. The van der Waals surface area contributed by atoms with Gasteiger partial charge in [-0.1, -0.05) is 6.92 Å². The molecule has 0 radical (unpaired) electrons. The number of rotatable bonds is 2. The van der Waals surface area contributed by atoms with Gasteiger partial charge in [0.15, 0.2) is 0 Å². The van der Waals surface area contributed by atoms with Crippen LogP contribution in [0.2, 0.25) is 0 Å². The zero-order valence-corrected chi connectivity index (χ0v) is 4.98. The third kappa shape index (κ3) is 2.69. The van der Waals surface area contributed by atoms with Crippen LogP contribution in [0.5, 0.6) is 0 Å². The highest BCUT2D eigenvalue weighted by atomic mass is 16.3. The van der Waals surface area contributed by atoms with Crippen molar-refractivity contribution in [3.8, 4) is 0 Å². The van der Waals surface area contributed by atoms with Crippen molar-refractivity contribution in [2.24, 2.45) is 5.11 Å². The molecule has 0 aliphatic heterocycles. The van der Waals surface area contributed by atoms with Crippen LogP contribution in [0.25, 0.3) is 10.4 Å². The molecule has 0 aliphatic carbocycles. The summed E-state index contributed by atoms with van der Waals surface area (Å²) in [6.45, 7) is 1.62. The van der Waals surface area contributed by atoms with E-state index in [-0.39, 0.29) is 6.42 Å². The normalized spacial score (nSPS) is 11.8. The van der Waals surface area contributed by atoms with Crippen LogP contribution in [0.15, 0.2) is 5.11 Å². The molecule has 0 aliphatic rings. The average Bonchev–Trinajstić information content (AvgIpc) is 1.87. The summed E-state index contributed by atoms with van der Waals surface area (Å²) in [6.07, 6.45) is -0.862. The van der Waals surface area contributed by atoms with Gasteiger partial charge in [0, 0.05) is 4.91 Å². The highest BCUT2D eigenvalue weighted by Gasteiger charge is 2.08. The molecular weight excluding hydrogens is 122 g/mol. The minimum atomic E-state index is -1.14. The first-order valence-electron chi connectivity index (χ1n) is 2.49. The summed E-state index contributed by atoms with van der Waals surface area (Å²) in [5, 5.41) is 11.3. The predicted octanol–water partition coefficient (Wildman–Crippen LogP) is 0.594. The lowest BCUT2D eigenvalue weighted by Crippen LogP contribution is -2.15. The van der Waals surface area contributed by atoms with E-state index in [2.05, 4.69) is 10.0 Å². The minimum absolute atomic E-state index is 0.276. The molecule has 50 valence electrons. The van der Waals surface area contributed by atoms with Crippen molar-refractivity contribution in [3.63, 3.8) is 0 Å². The zero-order valence-electron chi connectivity index (χ0n) is 4.98. The largest absolute Gasteiger partial charge is 0.385 e. The van der Waals surface area contributed by atoms with Gasteiger partial charge in [-0.05, 0) is 17.1 Å². The van der Waals surface area contributed by atoms with Gasteiger partial charge in [-0.25, -0.2) is 0 Å². The lowest BCUT2D eigenvalue weighted by molar-refractivity contribution is -0.126. The number of carbonyl (C=O) groups is 1. The fourth-order valence-corrected chi connectivity index (χ4v) is 0.285. The van der Waals surface area contributed by atoms with Gasteiger partial charge in [0.25, 0.3) is 0 Å². The second-order valence-corrected chi connectivity index (χ2v) is 1.45. The molecule has 1 N–H and O–H groups in total. The van der Waals surface area contributed by atoms with Gasteiger partial charge in [0.1, 0.15) is 6.10 Å². The Hall–Kier alpha value is -1.06. The minimum Gasteiger partial charge on any atom is -0.385 e. The van der Waals surface area contributed by atoms with Crippen LogP contribution in [0.1, 0.15) is 13.3 Å². The van der Waals surface area contributed by atoms with E-state index < -0.39 is 12.0 Å². The summed E-state index contributed by atoms with van der Waals surface area (Å²) in [6, 6.07) is 0. The van der Waals surface area contributed by atoms with Gasteiger partial charge < -0.3 is 5.11 Å². The summed E-state index contributed by atoms with van der Waals surface area (Å²) < 4.78 is 0. The Bertz CT molecular complexity index is 150. The first-order chi connectivity index (χ1) is 4.22. The molecule has 1 atom stereocenters. The van der Waals surface area contributed by atoms with Crippen molar-refractivity contribution >= 4 is 5.91 Å². The van der Waals surface area contributed by atoms with Gasteiger partial charge in [-0.2, -0.15) is 0 Å². The Morgan fingerprint density at radius 2 is 2.56 bits per heavy atom. The standard InChI is InChI=1S/C4H7N3O2/c1-2-3(8)4(9)6-7-5/h3,8H,2H2,1H3. The lowest BCUT2D eigenvalue weighted by Gasteiger charge is -1.97. The number of hydrogen-bond donors (Lipinski definition) is 1. The number of aliphatic hydroxyl groups excluding tert-OH is 1. The van der Waals surface area contributed by atoms with Gasteiger partial charge in [0.05, 0.1) is 0 Å². The fourth-order valence-electron chi connectivity index (χ4n) is 0.285. The second-order valence-electron chi connectivity index (χ2n) is 1.45. The topological polar surface area (TPSA) is 86.1 Å². The van der Waals surface area contributed by atoms with Crippen LogP contribution >= 0.6 is 0 Å². The molecule has 0 heterocycles. The van der Waals surface area contributed by atoms with E-state index in [4.69, 9.17) is 10.6 Å². The maximum atomic E-state index is 10.3. The molecule has 0 aromatic rings. The van der Waals surface area contributed by atoms with E-state index in [0.717, 1.165) is 0 Å². The van der Waals surface area contributed by atoms with E-state index >= 15 is 0 Å². The van der Waals surface area contributed by atoms with Crippen LogP contribution in [0.4, 0.5) is 0 Å². The van der Waals surface area contributed by atoms with E-state index in [1.165, 1.54) is 0 Å². The van der Waals surface area contributed by atoms with Gasteiger partial charge in [0.2, 0.25) is 5.91 Å². The highest BCUT2D eigenvalue weighted by Crippen LogP contribution is 1.92. The first-order valence-corrected chi connectivity index (χ1v) is 2.49. The first kappa shape index (κ1) is 7.94. The molecule has 0 saturated heterocycles. The van der Waals surface area contributed by atoms with Crippen LogP contribution < -0.4 is 0 Å². The molecule has 0 aromatic heterocycles. The summed E-state index contributed by atoms with van der Waals surface area (Å²) in [5.74, 6) is -0.819. The number of amides is 1. The van der Waals surface area contributed by atoms with E-state index in [9.17, 15) is 4.79 Å². The molecule has 0 rings (SSSR count). The SMILES string of the molecule is CCC(O)C(=O)N=[N+]=[N-]. The van der Waals surface area contributed by atoms with Gasteiger partial charge >= 0.3 is 0 Å². The van der Waals surface area contributed by atoms with Crippen LogP contribution in [0.3, 0.4) is 0 Å². The monoisotopic (exact) mass is 129 g/mol. The van der Waals surface area contributed by atoms with Crippen molar-refractivity contribution in [3.05, 3.63) is 10.4 Å². The molecule has 0 fully saturated rings. The summed E-state index contributed by atoms with van der Waals surface area (Å²) in [5.41, 5.74) is 7.71. The molecule has 0 bridgehead atoms. The number of azide groups is 1. The van der Waals surface area contributed by atoms with Gasteiger partial charge in [-0.15, -0.1) is 0 Å². The molecule has 5 heteroatoms. The molecule has 0 spiro atoms. The number of nitrogens with zero attached hydrogens (tertiary/aromatic N) is 3. The summed E-state index contributed by atoms with van der Waals surface area (Å²) >= 11 is 0. The third-order valence-corrected chi connectivity index (χ3v) is 0.815. The predicted molar refractivity (Wildman–Crippen MR) is 30.5 cm³/mol. The Labute approximate surface area is 51.9 Å². The van der Waals surface area contributed by atoms with Crippen molar-refractivity contribution in [1.29, 1.82) is 0 Å². The van der Waals surface area contributed by atoms with E-state index in [1.54, 1.807) is 6.92 Å². The molecule has 0 saturated carbocycles. The third-order valence-electron chi connectivity index (χ3n) is 0.815. The zero-order chi connectivity index (χ0) is 7.28. The Morgan fingerprint density at radius 1 is 2.00 bits per heavy atom. The lowest BCUT2D eigenvalue weighted by atomic mass is 10.3. The van der Waals surface area contributed by atoms with Crippen molar-refractivity contribution in [2.75, 3.05) is 0 Å². The fraction of sp³-hybridized carbons (Fsp3) is 0.750.